The smallest absolute Gasteiger partial charge is 0.234 e. The van der Waals surface area contributed by atoms with E-state index in [-0.39, 0.29) is 11.7 Å². The molecule has 2 rings (SSSR count). The summed E-state index contributed by atoms with van der Waals surface area (Å²) in [4.78, 5) is 19.9. The van der Waals surface area contributed by atoms with Crippen LogP contribution < -0.4 is 11.1 Å². The first-order valence-electron chi connectivity index (χ1n) is 5.81. The maximum atomic E-state index is 11.9. The number of halogens is 1. The number of anilines is 2. The number of rotatable bonds is 4. The number of nitrogens with zero attached hydrogens (tertiary/aromatic N) is 2. The monoisotopic (exact) mass is 308 g/mol. The van der Waals surface area contributed by atoms with Crippen LogP contribution in [0.25, 0.3) is 0 Å². The molecule has 0 bridgehead atoms. The lowest BCUT2D eigenvalue weighted by Crippen LogP contribution is -2.15. The predicted octanol–water partition coefficient (Wildman–Crippen LogP) is 2.75. The topological polar surface area (TPSA) is 80.9 Å². The number of nitrogens with one attached hydrogen (secondary N) is 1. The molecule has 0 aliphatic carbocycles. The second kappa shape index (κ2) is 6.58. The van der Waals surface area contributed by atoms with Crippen LogP contribution in [0, 0.1) is 6.92 Å². The highest BCUT2D eigenvalue weighted by molar-refractivity contribution is 8.00. The van der Waals surface area contributed by atoms with Crippen molar-refractivity contribution in [2.45, 2.75) is 11.9 Å². The first kappa shape index (κ1) is 14.6. The molecule has 0 atom stereocenters. The summed E-state index contributed by atoms with van der Waals surface area (Å²) in [6.45, 7) is 1.90. The number of nitrogen functional groups attached to an aromatic ring is 1. The highest BCUT2D eigenvalue weighted by atomic mass is 35.5. The van der Waals surface area contributed by atoms with E-state index in [0.717, 1.165) is 5.56 Å². The second-order valence-electron chi connectivity index (χ2n) is 4.04. The minimum atomic E-state index is -0.148. The van der Waals surface area contributed by atoms with E-state index in [2.05, 4.69) is 15.3 Å². The first-order valence-corrected chi connectivity index (χ1v) is 7.18. The summed E-state index contributed by atoms with van der Waals surface area (Å²) < 4.78 is 0. The van der Waals surface area contributed by atoms with E-state index in [1.165, 1.54) is 24.2 Å². The Morgan fingerprint density at radius 1 is 1.40 bits per heavy atom. The first-order chi connectivity index (χ1) is 9.56. The van der Waals surface area contributed by atoms with Crippen molar-refractivity contribution < 1.29 is 4.79 Å². The van der Waals surface area contributed by atoms with Crippen molar-refractivity contribution in [3.8, 4) is 0 Å². The molecular formula is C13H13ClN4OS. The Hall–Kier alpha value is -1.79. The van der Waals surface area contributed by atoms with E-state index in [1.54, 1.807) is 12.1 Å². The molecule has 0 fully saturated rings. The standard InChI is InChI=1S/C13H13ClN4OS/c1-8-2-3-9(14)6-10(8)18-11(19)7-20-13-12(15)16-4-5-17-13/h2-6H,7H2,1H3,(H2,15,16)(H,18,19). The van der Waals surface area contributed by atoms with Gasteiger partial charge in [0, 0.05) is 23.1 Å². The number of amides is 1. The lowest BCUT2D eigenvalue weighted by molar-refractivity contribution is -0.113. The molecule has 0 aliphatic heterocycles. The number of aromatic nitrogens is 2. The number of thioether (sulfide) groups is 1. The van der Waals surface area contributed by atoms with Gasteiger partial charge >= 0.3 is 0 Å². The molecular weight excluding hydrogens is 296 g/mol. The zero-order chi connectivity index (χ0) is 14.5. The SMILES string of the molecule is Cc1ccc(Cl)cc1NC(=O)CSc1nccnc1N. The van der Waals surface area contributed by atoms with Crippen LogP contribution in [0.3, 0.4) is 0 Å². The Labute approximate surface area is 126 Å². The third-order valence-corrected chi connectivity index (χ3v) is 3.73. The average Bonchev–Trinajstić information content (AvgIpc) is 2.42. The van der Waals surface area contributed by atoms with Gasteiger partial charge in [0.05, 0.1) is 5.75 Å². The maximum absolute atomic E-state index is 11.9. The van der Waals surface area contributed by atoms with Crippen LogP contribution in [0.5, 0.6) is 0 Å². The van der Waals surface area contributed by atoms with Crippen molar-refractivity contribution in [2.75, 3.05) is 16.8 Å². The van der Waals surface area contributed by atoms with Crippen molar-refractivity contribution in [3.05, 3.63) is 41.2 Å². The normalized spacial score (nSPS) is 10.3. The van der Waals surface area contributed by atoms with Gasteiger partial charge in [-0.1, -0.05) is 29.4 Å². The molecule has 0 saturated heterocycles. The van der Waals surface area contributed by atoms with E-state index >= 15 is 0 Å². The predicted molar refractivity (Wildman–Crippen MR) is 82.0 cm³/mol. The van der Waals surface area contributed by atoms with Gasteiger partial charge in [0.2, 0.25) is 5.91 Å². The van der Waals surface area contributed by atoms with Crippen molar-refractivity contribution in [1.82, 2.24) is 9.97 Å². The van der Waals surface area contributed by atoms with Gasteiger partial charge in [0.25, 0.3) is 0 Å². The van der Waals surface area contributed by atoms with Crippen LogP contribution in [-0.2, 0) is 4.79 Å². The second-order valence-corrected chi connectivity index (χ2v) is 5.44. The summed E-state index contributed by atoms with van der Waals surface area (Å²) in [6.07, 6.45) is 3.05. The third kappa shape index (κ3) is 3.85. The van der Waals surface area contributed by atoms with Crippen LogP contribution in [0.2, 0.25) is 5.02 Å². The maximum Gasteiger partial charge on any atom is 0.234 e. The van der Waals surface area contributed by atoms with E-state index in [1.807, 2.05) is 13.0 Å². The lowest BCUT2D eigenvalue weighted by atomic mass is 10.2. The van der Waals surface area contributed by atoms with E-state index in [4.69, 9.17) is 17.3 Å². The summed E-state index contributed by atoms with van der Waals surface area (Å²) in [6, 6.07) is 5.35. The zero-order valence-electron chi connectivity index (χ0n) is 10.8. The van der Waals surface area contributed by atoms with Crippen molar-refractivity contribution in [1.29, 1.82) is 0 Å². The number of aryl methyl sites for hydroxylation is 1. The molecule has 0 radical (unpaired) electrons. The summed E-state index contributed by atoms with van der Waals surface area (Å²) >= 11 is 7.14. The molecule has 0 saturated carbocycles. The summed E-state index contributed by atoms with van der Waals surface area (Å²) in [5, 5.41) is 3.93. The van der Waals surface area contributed by atoms with Gasteiger partial charge in [-0.05, 0) is 24.6 Å². The van der Waals surface area contributed by atoms with E-state index in [9.17, 15) is 4.79 Å². The average molecular weight is 309 g/mol. The van der Waals surface area contributed by atoms with Crippen LogP contribution >= 0.6 is 23.4 Å². The van der Waals surface area contributed by atoms with Crippen molar-refractivity contribution in [3.63, 3.8) is 0 Å². The Morgan fingerprint density at radius 2 is 2.15 bits per heavy atom. The number of hydrogen-bond donors (Lipinski definition) is 2. The molecule has 1 aromatic carbocycles. The molecule has 1 aromatic heterocycles. The molecule has 5 nitrogen and oxygen atoms in total. The lowest BCUT2D eigenvalue weighted by Gasteiger charge is -2.08. The van der Waals surface area contributed by atoms with Crippen LogP contribution in [0.15, 0.2) is 35.6 Å². The molecule has 20 heavy (non-hydrogen) atoms. The highest BCUT2D eigenvalue weighted by Crippen LogP contribution is 2.22. The molecule has 0 spiro atoms. The van der Waals surface area contributed by atoms with Crippen molar-refractivity contribution >= 4 is 40.8 Å². The summed E-state index contributed by atoms with van der Waals surface area (Å²) in [5.74, 6) is 0.379. The fraction of sp³-hybridized carbons (Fsp3) is 0.154. The minimum absolute atomic E-state index is 0.148. The molecule has 2 aromatic rings. The number of nitrogens with two attached hydrogens (primary N) is 1. The summed E-state index contributed by atoms with van der Waals surface area (Å²) in [7, 11) is 0. The molecule has 0 unspecified atom stereocenters. The number of hydrogen-bond acceptors (Lipinski definition) is 5. The Kier molecular flexibility index (Phi) is 4.81. The van der Waals surface area contributed by atoms with Gasteiger partial charge in [0.1, 0.15) is 5.03 Å². The zero-order valence-corrected chi connectivity index (χ0v) is 12.3. The van der Waals surface area contributed by atoms with Crippen LogP contribution in [0.4, 0.5) is 11.5 Å². The number of carbonyl (C=O) groups is 1. The van der Waals surface area contributed by atoms with E-state index < -0.39 is 0 Å². The molecule has 7 heteroatoms. The van der Waals surface area contributed by atoms with Gasteiger partial charge in [0.15, 0.2) is 5.82 Å². The van der Waals surface area contributed by atoms with Gasteiger partial charge in [-0.3, -0.25) is 4.79 Å². The third-order valence-electron chi connectivity index (χ3n) is 2.50. The fourth-order valence-electron chi connectivity index (χ4n) is 1.50. The minimum Gasteiger partial charge on any atom is -0.381 e. The molecule has 1 heterocycles. The van der Waals surface area contributed by atoms with Gasteiger partial charge < -0.3 is 11.1 Å². The molecule has 3 N–H and O–H groups in total. The van der Waals surface area contributed by atoms with Gasteiger partial charge in [-0.15, -0.1) is 0 Å². The quantitative estimate of drug-likeness (QED) is 0.849. The Morgan fingerprint density at radius 3 is 2.90 bits per heavy atom. The highest BCUT2D eigenvalue weighted by Gasteiger charge is 2.08. The Balaban J connectivity index is 1.96. The molecule has 104 valence electrons. The van der Waals surface area contributed by atoms with Crippen LogP contribution in [0.1, 0.15) is 5.56 Å². The number of carbonyl (C=O) groups excluding carboxylic acids is 1. The summed E-state index contributed by atoms with van der Waals surface area (Å²) in [5.41, 5.74) is 7.31. The van der Waals surface area contributed by atoms with Crippen LogP contribution in [-0.4, -0.2) is 21.6 Å². The van der Waals surface area contributed by atoms with Gasteiger partial charge in [-0.25, -0.2) is 9.97 Å². The number of benzene rings is 1. The largest absolute Gasteiger partial charge is 0.381 e. The molecule has 1 amide bonds. The molecule has 0 aliphatic rings. The van der Waals surface area contributed by atoms with Crippen molar-refractivity contribution in [2.24, 2.45) is 0 Å². The van der Waals surface area contributed by atoms with Gasteiger partial charge in [-0.2, -0.15) is 0 Å². The van der Waals surface area contributed by atoms with E-state index in [0.29, 0.717) is 21.6 Å². The fourth-order valence-corrected chi connectivity index (χ4v) is 2.34. The Bertz CT molecular complexity index is 636.